The number of Topliss-reactive ketones (excluding diaryl/α,β-unsaturated/α-hetero) is 1. The molecule has 8 heteroatoms. The summed E-state index contributed by atoms with van der Waals surface area (Å²) in [5, 5.41) is 0. The Morgan fingerprint density at radius 2 is 1.83 bits per heavy atom. The Kier molecular flexibility index (Phi) is 4.60. The fourth-order valence-electron chi connectivity index (χ4n) is 5.57. The minimum absolute atomic E-state index is 0.233. The highest BCUT2D eigenvalue weighted by atomic mass is 16.2. The second-order valence-electron chi connectivity index (χ2n) is 9.96. The van der Waals surface area contributed by atoms with Crippen LogP contribution in [0.1, 0.15) is 64.4 Å². The molecule has 2 atom stereocenters. The van der Waals surface area contributed by atoms with Gasteiger partial charge in [0.2, 0.25) is 5.78 Å². The van der Waals surface area contributed by atoms with E-state index in [0.29, 0.717) is 22.9 Å². The second kappa shape index (κ2) is 6.68. The van der Waals surface area contributed by atoms with E-state index in [-0.39, 0.29) is 23.8 Å². The topological polar surface area (TPSA) is 83.3 Å². The Morgan fingerprint density at radius 3 is 2.43 bits per heavy atom. The number of aromatic nitrogens is 5. The van der Waals surface area contributed by atoms with Gasteiger partial charge in [0.05, 0.1) is 6.54 Å². The van der Waals surface area contributed by atoms with Crippen molar-refractivity contribution in [2.75, 3.05) is 0 Å². The van der Waals surface area contributed by atoms with Crippen LogP contribution in [0.5, 0.6) is 0 Å². The standard InChI is InChI=1S/C22H31N5O3/c1-12-8-16(10-22(5,6)9-12)26-14(3)15(4)27-17-18(23-20(26)27)24(7)21(30)25(19(17)29)11-13(2)28/h12,16H,8-11H2,1-7H3/t12-,16-/m1/s1. The highest BCUT2D eigenvalue weighted by Crippen LogP contribution is 2.45. The molecule has 1 fully saturated rings. The van der Waals surface area contributed by atoms with Gasteiger partial charge in [-0.2, -0.15) is 4.98 Å². The van der Waals surface area contributed by atoms with Crippen LogP contribution in [0.15, 0.2) is 9.59 Å². The van der Waals surface area contributed by atoms with Crippen LogP contribution in [0.3, 0.4) is 0 Å². The molecular formula is C22H31N5O3. The molecule has 162 valence electrons. The largest absolute Gasteiger partial charge is 0.332 e. The molecule has 3 heterocycles. The summed E-state index contributed by atoms with van der Waals surface area (Å²) < 4.78 is 6.51. The second-order valence-corrected chi connectivity index (χ2v) is 9.96. The predicted molar refractivity (Wildman–Crippen MR) is 116 cm³/mol. The molecule has 0 N–H and O–H groups in total. The van der Waals surface area contributed by atoms with Crippen molar-refractivity contribution >= 4 is 22.7 Å². The van der Waals surface area contributed by atoms with E-state index in [1.807, 2.05) is 11.3 Å². The van der Waals surface area contributed by atoms with Crippen molar-refractivity contribution in [3.63, 3.8) is 0 Å². The van der Waals surface area contributed by atoms with Crippen LogP contribution in [0, 0.1) is 25.2 Å². The molecular weight excluding hydrogens is 382 g/mol. The van der Waals surface area contributed by atoms with Crippen molar-refractivity contribution in [3.05, 3.63) is 32.2 Å². The fourth-order valence-corrected chi connectivity index (χ4v) is 5.57. The van der Waals surface area contributed by atoms with E-state index < -0.39 is 11.2 Å². The zero-order valence-electron chi connectivity index (χ0n) is 18.9. The van der Waals surface area contributed by atoms with Crippen molar-refractivity contribution in [2.45, 2.75) is 73.4 Å². The molecule has 3 aromatic rings. The first kappa shape index (κ1) is 20.6. The van der Waals surface area contributed by atoms with Crippen LogP contribution in [0.2, 0.25) is 0 Å². The zero-order valence-corrected chi connectivity index (χ0v) is 18.9. The third kappa shape index (κ3) is 2.96. The molecule has 0 aromatic carbocycles. The van der Waals surface area contributed by atoms with Crippen LogP contribution in [-0.4, -0.2) is 28.9 Å². The van der Waals surface area contributed by atoms with Gasteiger partial charge in [-0.15, -0.1) is 0 Å². The molecule has 0 spiro atoms. The molecule has 0 saturated heterocycles. The number of carbonyl (C=O) groups is 1. The summed E-state index contributed by atoms with van der Waals surface area (Å²) in [5.74, 6) is 1.06. The summed E-state index contributed by atoms with van der Waals surface area (Å²) in [7, 11) is 1.60. The minimum atomic E-state index is -0.517. The summed E-state index contributed by atoms with van der Waals surface area (Å²) in [6.07, 6.45) is 3.29. The predicted octanol–water partition coefficient (Wildman–Crippen LogP) is 2.74. The maximum absolute atomic E-state index is 13.2. The van der Waals surface area contributed by atoms with Crippen LogP contribution in [0.25, 0.3) is 16.9 Å². The third-order valence-electron chi connectivity index (χ3n) is 6.67. The van der Waals surface area contributed by atoms with Gasteiger partial charge in [0.15, 0.2) is 11.2 Å². The summed E-state index contributed by atoms with van der Waals surface area (Å²) in [4.78, 5) is 42.4. The number of nitrogens with zero attached hydrogens (tertiary/aromatic N) is 5. The van der Waals surface area contributed by atoms with Gasteiger partial charge in [-0.1, -0.05) is 20.8 Å². The van der Waals surface area contributed by atoms with Crippen molar-refractivity contribution < 1.29 is 4.79 Å². The van der Waals surface area contributed by atoms with Crippen LogP contribution in [-0.2, 0) is 18.4 Å². The van der Waals surface area contributed by atoms with E-state index in [1.54, 1.807) is 7.05 Å². The fraction of sp³-hybridized carbons (Fsp3) is 0.636. The smallest absolute Gasteiger partial charge is 0.311 e. The highest BCUT2D eigenvalue weighted by Gasteiger charge is 2.35. The van der Waals surface area contributed by atoms with Crippen LogP contribution >= 0.6 is 0 Å². The van der Waals surface area contributed by atoms with E-state index in [0.717, 1.165) is 28.8 Å². The molecule has 0 amide bonds. The van der Waals surface area contributed by atoms with Gasteiger partial charge in [-0.25, -0.2) is 4.79 Å². The molecule has 30 heavy (non-hydrogen) atoms. The number of imidazole rings is 2. The number of hydrogen-bond donors (Lipinski definition) is 0. The van der Waals surface area contributed by atoms with Gasteiger partial charge >= 0.3 is 5.69 Å². The van der Waals surface area contributed by atoms with Gasteiger partial charge in [0.1, 0.15) is 5.78 Å². The van der Waals surface area contributed by atoms with E-state index in [2.05, 4.69) is 32.3 Å². The average molecular weight is 414 g/mol. The lowest BCUT2D eigenvalue weighted by atomic mass is 9.70. The molecule has 1 saturated carbocycles. The van der Waals surface area contributed by atoms with Crippen molar-refractivity contribution in [2.24, 2.45) is 18.4 Å². The van der Waals surface area contributed by atoms with Gasteiger partial charge in [-0.3, -0.25) is 23.1 Å². The molecule has 0 radical (unpaired) electrons. The van der Waals surface area contributed by atoms with Gasteiger partial charge in [0.25, 0.3) is 5.56 Å². The van der Waals surface area contributed by atoms with Crippen molar-refractivity contribution in [1.29, 1.82) is 0 Å². The van der Waals surface area contributed by atoms with E-state index in [4.69, 9.17) is 4.98 Å². The summed E-state index contributed by atoms with van der Waals surface area (Å²) >= 11 is 0. The quantitative estimate of drug-likeness (QED) is 0.661. The lowest BCUT2D eigenvalue weighted by Gasteiger charge is -2.40. The van der Waals surface area contributed by atoms with E-state index in [9.17, 15) is 14.4 Å². The number of ketones is 1. The van der Waals surface area contributed by atoms with E-state index >= 15 is 0 Å². The minimum Gasteiger partial charge on any atom is -0.311 e. The Bertz CT molecular complexity index is 1300. The maximum Gasteiger partial charge on any atom is 0.332 e. The molecule has 1 aliphatic carbocycles. The Labute approximate surface area is 175 Å². The number of fused-ring (bicyclic) bond motifs is 3. The lowest BCUT2D eigenvalue weighted by Crippen LogP contribution is -2.40. The maximum atomic E-state index is 13.2. The SMILES string of the molecule is CC(=O)Cn1c(=O)c2c(nc3n([C@@H]4C[C@@H](C)CC(C)(C)C4)c(C)c(C)n23)n(C)c1=O. The normalized spacial score (nSPS) is 21.6. The number of carbonyl (C=O) groups excluding carboxylic acids is 1. The molecule has 4 rings (SSSR count). The van der Waals surface area contributed by atoms with Gasteiger partial charge in [0, 0.05) is 24.5 Å². The molecule has 0 aliphatic heterocycles. The van der Waals surface area contributed by atoms with Crippen molar-refractivity contribution in [1.82, 2.24) is 23.1 Å². The number of hydrogen-bond acceptors (Lipinski definition) is 4. The highest BCUT2D eigenvalue weighted by molar-refractivity contribution is 5.78. The van der Waals surface area contributed by atoms with Gasteiger partial charge < -0.3 is 4.57 Å². The van der Waals surface area contributed by atoms with Crippen molar-refractivity contribution in [3.8, 4) is 0 Å². The van der Waals surface area contributed by atoms with Crippen LogP contribution < -0.4 is 11.2 Å². The monoisotopic (exact) mass is 413 g/mol. The van der Waals surface area contributed by atoms with Crippen LogP contribution in [0.4, 0.5) is 0 Å². The summed E-state index contributed by atoms with van der Waals surface area (Å²) in [5.41, 5.74) is 1.99. The summed E-state index contributed by atoms with van der Waals surface area (Å²) in [6, 6.07) is 0.285. The summed E-state index contributed by atoms with van der Waals surface area (Å²) in [6.45, 7) is 12.1. The number of aryl methyl sites for hydroxylation is 2. The number of rotatable bonds is 3. The average Bonchev–Trinajstić information content (AvgIpc) is 3.11. The lowest BCUT2D eigenvalue weighted by molar-refractivity contribution is -0.117. The Balaban J connectivity index is 2.06. The molecule has 8 nitrogen and oxygen atoms in total. The molecule has 1 aliphatic rings. The van der Waals surface area contributed by atoms with Gasteiger partial charge in [-0.05, 0) is 51.4 Å². The zero-order chi connectivity index (χ0) is 22.1. The first-order valence-electron chi connectivity index (χ1n) is 10.6. The van der Waals surface area contributed by atoms with E-state index in [1.165, 1.54) is 17.9 Å². The Morgan fingerprint density at radius 1 is 1.17 bits per heavy atom. The first-order chi connectivity index (χ1) is 13.9. The molecule has 3 aromatic heterocycles. The third-order valence-corrected chi connectivity index (χ3v) is 6.67. The Hall–Kier alpha value is -2.64. The first-order valence-corrected chi connectivity index (χ1v) is 10.6. The molecule has 0 unspecified atom stereocenters. The molecule has 0 bridgehead atoms.